The Morgan fingerprint density at radius 3 is 2.54 bits per heavy atom. The summed E-state index contributed by atoms with van der Waals surface area (Å²) < 4.78 is 27.4. The summed E-state index contributed by atoms with van der Waals surface area (Å²) in [5.41, 5.74) is 2.75. The number of hydroxylamine groups is 1. The van der Waals surface area contributed by atoms with E-state index < -0.39 is 32.7 Å². The van der Waals surface area contributed by atoms with Crippen molar-refractivity contribution in [2.24, 2.45) is 0 Å². The van der Waals surface area contributed by atoms with E-state index in [9.17, 15) is 18.0 Å². The fraction of sp³-hybridized carbons (Fsp3) is 0.412. The summed E-state index contributed by atoms with van der Waals surface area (Å²) >= 11 is 0. The van der Waals surface area contributed by atoms with E-state index in [1.165, 1.54) is 17.3 Å². The molecule has 2 N–H and O–H groups in total. The van der Waals surface area contributed by atoms with Gasteiger partial charge in [0, 0.05) is 23.9 Å². The monoisotopic (exact) mass is 380 g/mol. The molecule has 2 amide bonds. The Hall–Kier alpha value is -2.57. The number of cyclic esters (lactones) is 1. The lowest BCUT2D eigenvalue weighted by Crippen LogP contribution is -2.51. The molecule has 0 bridgehead atoms. The van der Waals surface area contributed by atoms with Crippen molar-refractivity contribution in [1.82, 2.24) is 5.48 Å². The summed E-state index contributed by atoms with van der Waals surface area (Å²) in [5, 5.41) is 8.87. The molecule has 1 fully saturated rings. The van der Waals surface area contributed by atoms with Crippen LogP contribution in [0.2, 0.25) is 0 Å². The van der Waals surface area contributed by atoms with E-state index in [0.717, 1.165) is 11.8 Å². The van der Waals surface area contributed by atoms with Crippen molar-refractivity contribution in [3.8, 4) is 11.8 Å². The van der Waals surface area contributed by atoms with Crippen LogP contribution in [0.15, 0.2) is 24.3 Å². The van der Waals surface area contributed by atoms with Crippen LogP contribution < -0.4 is 10.4 Å². The molecule has 1 aliphatic rings. The Kier molecular flexibility index (Phi) is 5.59. The minimum Gasteiger partial charge on any atom is -0.444 e. The third-order valence-electron chi connectivity index (χ3n) is 4.34. The van der Waals surface area contributed by atoms with Gasteiger partial charge >= 0.3 is 6.09 Å². The molecule has 2 atom stereocenters. The number of hydrogen-bond acceptors (Lipinski definition) is 6. The summed E-state index contributed by atoms with van der Waals surface area (Å²) in [4.78, 5) is 25.4. The zero-order valence-corrected chi connectivity index (χ0v) is 15.5. The van der Waals surface area contributed by atoms with E-state index >= 15 is 0 Å². The second-order valence-electron chi connectivity index (χ2n) is 6.19. The van der Waals surface area contributed by atoms with Crippen LogP contribution in [0.4, 0.5) is 10.5 Å². The standard InChI is InChI=1S/C17H20N2O6S/c1-4-5-12-6-8-13(9-7-12)19-11-14(25-16(19)21)10-17(2,15(20)18-22)26(3,23)24/h6-9,14,22H,10-11H2,1-3H3,(H,18,20). The van der Waals surface area contributed by atoms with Gasteiger partial charge in [-0.25, -0.2) is 18.7 Å². The van der Waals surface area contributed by atoms with Gasteiger partial charge in [0.1, 0.15) is 6.10 Å². The van der Waals surface area contributed by atoms with Gasteiger partial charge in [0.25, 0.3) is 5.91 Å². The van der Waals surface area contributed by atoms with Gasteiger partial charge in [-0.15, -0.1) is 5.92 Å². The SMILES string of the molecule is CC#Cc1ccc(N2CC(CC(C)(C(=O)NO)S(C)(=O)=O)OC2=O)cc1. The number of nitrogens with zero attached hydrogens (tertiary/aromatic N) is 1. The maximum atomic E-state index is 12.1. The van der Waals surface area contributed by atoms with Crippen molar-refractivity contribution in [2.75, 3.05) is 17.7 Å². The van der Waals surface area contributed by atoms with Crippen LogP contribution >= 0.6 is 0 Å². The van der Waals surface area contributed by atoms with Gasteiger partial charge in [-0.3, -0.25) is 14.9 Å². The van der Waals surface area contributed by atoms with E-state index in [4.69, 9.17) is 9.94 Å². The van der Waals surface area contributed by atoms with Crippen LogP contribution in [0.5, 0.6) is 0 Å². The van der Waals surface area contributed by atoms with Crippen molar-refractivity contribution >= 4 is 27.5 Å². The third kappa shape index (κ3) is 3.81. The molecule has 1 heterocycles. The normalized spacial score (nSPS) is 19.2. The van der Waals surface area contributed by atoms with Gasteiger partial charge in [0.05, 0.1) is 6.54 Å². The molecule has 1 aliphatic heterocycles. The first-order valence-corrected chi connectivity index (χ1v) is 9.66. The highest BCUT2D eigenvalue weighted by atomic mass is 32.2. The maximum Gasteiger partial charge on any atom is 0.414 e. The predicted molar refractivity (Wildman–Crippen MR) is 94.4 cm³/mol. The number of hydrogen-bond donors (Lipinski definition) is 2. The molecule has 2 rings (SSSR count). The maximum absolute atomic E-state index is 12.1. The van der Waals surface area contributed by atoms with E-state index in [2.05, 4.69) is 11.8 Å². The number of carbonyl (C=O) groups is 2. The lowest BCUT2D eigenvalue weighted by Gasteiger charge is -2.26. The predicted octanol–water partition coefficient (Wildman–Crippen LogP) is 1.08. The second kappa shape index (κ2) is 7.35. The molecular weight excluding hydrogens is 360 g/mol. The Morgan fingerprint density at radius 1 is 1.42 bits per heavy atom. The summed E-state index contributed by atoms with van der Waals surface area (Å²) in [6, 6.07) is 6.93. The fourth-order valence-corrected chi connectivity index (χ4v) is 3.54. The van der Waals surface area contributed by atoms with Crippen LogP contribution in [-0.4, -0.2) is 49.3 Å². The minimum absolute atomic E-state index is 0.0848. The van der Waals surface area contributed by atoms with Crippen molar-refractivity contribution < 1.29 is 28.0 Å². The summed E-state index contributed by atoms with van der Waals surface area (Å²) in [5.74, 6) is 4.59. The van der Waals surface area contributed by atoms with Crippen LogP contribution in [0.25, 0.3) is 0 Å². The minimum atomic E-state index is -3.87. The number of amides is 2. The van der Waals surface area contributed by atoms with Gasteiger partial charge in [0.2, 0.25) is 0 Å². The van der Waals surface area contributed by atoms with E-state index in [1.54, 1.807) is 31.2 Å². The van der Waals surface area contributed by atoms with E-state index in [0.29, 0.717) is 5.69 Å². The lowest BCUT2D eigenvalue weighted by atomic mass is 10.0. The highest BCUT2D eigenvalue weighted by molar-refractivity contribution is 7.92. The second-order valence-corrected chi connectivity index (χ2v) is 8.63. The highest BCUT2D eigenvalue weighted by Crippen LogP contribution is 2.30. The third-order valence-corrected chi connectivity index (χ3v) is 6.33. The Bertz CT molecular complexity index is 869. The number of ether oxygens (including phenoxy) is 1. The zero-order valence-electron chi connectivity index (χ0n) is 14.6. The average Bonchev–Trinajstić information content (AvgIpc) is 2.94. The molecule has 0 spiro atoms. The molecular formula is C17H20N2O6S. The molecule has 140 valence electrons. The molecule has 1 saturated heterocycles. The lowest BCUT2D eigenvalue weighted by molar-refractivity contribution is -0.132. The number of anilines is 1. The van der Waals surface area contributed by atoms with E-state index in [-0.39, 0.29) is 13.0 Å². The summed E-state index contributed by atoms with van der Waals surface area (Å²) in [6.45, 7) is 2.99. The number of rotatable bonds is 5. The van der Waals surface area contributed by atoms with Crippen molar-refractivity contribution in [3.05, 3.63) is 29.8 Å². The molecule has 0 aliphatic carbocycles. The molecule has 0 saturated carbocycles. The van der Waals surface area contributed by atoms with Gasteiger partial charge in [-0.1, -0.05) is 5.92 Å². The molecule has 0 aromatic heterocycles. The number of benzene rings is 1. The molecule has 1 aromatic rings. The van der Waals surface area contributed by atoms with Crippen molar-refractivity contribution in [3.63, 3.8) is 0 Å². The number of sulfone groups is 1. The first-order valence-electron chi connectivity index (χ1n) is 7.77. The first kappa shape index (κ1) is 19.8. The van der Waals surface area contributed by atoms with Gasteiger partial charge in [-0.2, -0.15) is 0 Å². The Labute approximate surface area is 152 Å². The number of nitrogens with one attached hydrogen (secondary N) is 1. The highest BCUT2D eigenvalue weighted by Gasteiger charge is 2.48. The molecule has 8 nitrogen and oxygen atoms in total. The number of carbonyl (C=O) groups excluding carboxylic acids is 2. The van der Waals surface area contributed by atoms with Crippen molar-refractivity contribution in [2.45, 2.75) is 31.1 Å². The average molecular weight is 380 g/mol. The Balaban J connectivity index is 2.20. The van der Waals surface area contributed by atoms with E-state index in [1.807, 2.05) is 0 Å². The van der Waals surface area contributed by atoms with Gasteiger partial charge < -0.3 is 4.74 Å². The van der Waals surface area contributed by atoms with Crippen LogP contribution in [0.3, 0.4) is 0 Å². The van der Waals surface area contributed by atoms with Crippen LogP contribution in [0.1, 0.15) is 25.8 Å². The molecule has 0 radical (unpaired) electrons. The largest absolute Gasteiger partial charge is 0.444 e. The van der Waals surface area contributed by atoms with Crippen LogP contribution in [0, 0.1) is 11.8 Å². The molecule has 26 heavy (non-hydrogen) atoms. The summed E-state index contributed by atoms with van der Waals surface area (Å²) in [6.07, 6.45) is -0.844. The van der Waals surface area contributed by atoms with Gasteiger partial charge in [0.15, 0.2) is 14.6 Å². The van der Waals surface area contributed by atoms with Crippen molar-refractivity contribution in [1.29, 1.82) is 0 Å². The first-order chi connectivity index (χ1) is 12.1. The smallest absolute Gasteiger partial charge is 0.414 e. The van der Waals surface area contributed by atoms with Gasteiger partial charge in [-0.05, 0) is 38.1 Å². The fourth-order valence-electron chi connectivity index (χ4n) is 2.67. The quantitative estimate of drug-likeness (QED) is 0.449. The molecule has 1 aromatic carbocycles. The summed E-state index contributed by atoms with van der Waals surface area (Å²) in [7, 11) is -3.87. The van der Waals surface area contributed by atoms with Crippen LogP contribution in [-0.2, 0) is 19.4 Å². The molecule has 9 heteroatoms. The topological polar surface area (TPSA) is 113 Å². The Morgan fingerprint density at radius 2 is 2.04 bits per heavy atom. The zero-order chi connectivity index (χ0) is 19.5. The molecule has 2 unspecified atom stereocenters.